The van der Waals surface area contributed by atoms with E-state index in [1.54, 1.807) is 29.2 Å². The average molecular weight is 833 g/mol. The van der Waals surface area contributed by atoms with E-state index in [4.69, 9.17) is 47.4 Å². The van der Waals surface area contributed by atoms with Gasteiger partial charge in [-0.05, 0) is 93.9 Å². The monoisotopic (exact) mass is 831 g/mol. The number of ether oxygens (including phenoxy) is 4. The molecule has 59 heavy (non-hydrogen) atoms. The number of carboxylic acid groups (broad SMARTS) is 1. The third-order valence-corrected chi connectivity index (χ3v) is 11.7. The molecule has 3 aliphatic heterocycles. The molecule has 1 fully saturated rings. The summed E-state index contributed by atoms with van der Waals surface area (Å²) in [7, 11) is 0. The second kappa shape index (κ2) is 17.4. The highest BCUT2D eigenvalue weighted by atomic mass is 35.5. The van der Waals surface area contributed by atoms with E-state index in [1.807, 2.05) is 78.9 Å². The Kier molecular flexibility index (Phi) is 11.7. The van der Waals surface area contributed by atoms with E-state index in [0.717, 1.165) is 33.4 Å². The van der Waals surface area contributed by atoms with Crippen LogP contribution in [-0.4, -0.2) is 59.7 Å². The summed E-state index contributed by atoms with van der Waals surface area (Å²) in [6, 6.07) is 31.2. The Bertz CT molecular complexity index is 2410. The molecule has 0 radical (unpaired) electrons. The van der Waals surface area contributed by atoms with Crippen LogP contribution in [0.3, 0.4) is 0 Å². The summed E-state index contributed by atoms with van der Waals surface area (Å²) in [5, 5.41) is 23.0. The van der Waals surface area contributed by atoms with Crippen LogP contribution in [0.25, 0.3) is 11.1 Å². The van der Waals surface area contributed by atoms with Crippen molar-refractivity contribution in [3.8, 4) is 34.4 Å². The number of nitriles is 1. The molecule has 3 heterocycles. The predicted octanol–water partition coefficient (Wildman–Crippen LogP) is 7.73. The van der Waals surface area contributed by atoms with Crippen LogP contribution in [0.2, 0.25) is 10.0 Å². The first-order valence-corrected chi connectivity index (χ1v) is 20.0. The smallest absolute Gasteiger partial charge is 0.326 e. The number of halogens is 2. The maximum Gasteiger partial charge on any atom is 0.326 e. The summed E-state index contributed by atoms with van der Waals surface area (Å²) < 4.78 is 24.1. The van der Waals surface area contributed by atoms with Gasteiger partial charge in [-0.3, -0.25) is 9.59 Å². The molecule has 2 amide bonds. The quantitative estimate of drug-likeness (QED) is 0.137. The molecule has 2 unspecified atom stereocenters. The molecule has 4 atom stereocenters. The van der Waals surface area contributed by atoms with Crippen LogP contribution in [0.15, 0.2) is 103 Å². The van der Waals surface area contributed by atoms with E-state index >= 15 is 0 Å². The van der Waals surface area contributed by atoms with Crippen molar-refractivity contribution in [3.05, 3.63) is 147 Å². The molecule has 0 spiro atoms. The lowest BCUT2D eigenvalue weighted by Crippen LogP contribution is -2.57. The van der Waals surface area contributed by atoms with Crippen LogP contribution in [-0.2, 0) is 45.1 Å². The minimum atomic E-state index is -1.24. The Hall–Kier alpha value is -6.06. The Morgan fingerprint density at radius 1 is 0.864 bits per heavy atom. The number of rotatable bonds is 11. The first-order chi connectivity index (χ1) is 28.6. The fourth-order valence-corrected chi connectivity index (χ4v) is 7.91. The van der Waals surface area contributed by atoms with Gasteiger partial charge >= 0.3 is 5.97 Å². The van der Waals surface area contributed by atoms with Crippen molar-refractivity contribution in [2.24, 2.45) is 5.92 Å². The Morgan fingerprint density at radius 3 is 2.25 bits per heavy atom. The van der Waals surface area contributed by atoms with Crippen LogP contribution in [0, 0.1) is 17.2 Å². The third kappa shape index (κ3) is 9.00. The fourth-order valence-electron chi connectivity index (χ4n) is 7.59. The molecule has 1 saturated heterocycles. The summed E-state index contributed by atoms with van der Waals surface area (Å²) in [6.07, 6.45) is 0.335. The molecule has 5 aromatic rings. The van der Waals surface area contributed by atoms with Crippen molar-refractivity contribution >= 4 is 41.0 Å². The van der Waals surface area contributed by atoms with Crippen molar-refractivity contribution in [2.45, 2.75) is 50.6 Å². The molecule has 11 nitrogen and oxygen atoms in total. The molecule has 5 aromatic carbocycles. The van der Waals surface area contributed by atoms with Gasteiger partial charge < -0.3 is 34.3 Å². The highest BCUT2D eigenvalue weighted by Crippen LogP contribution is 2.41. The van der Waals surface area contributed by atoms with Gasteiger partial charge in [-0.25, -0.2) is 4.79 Å². The van der Waals surface area contributed by atoms with Gasteiger partial charge in [0.05, 0.1) is 34.2 Å². The normalized spacial score (nSPS) is 18.6. The number of carboxylic acids is 1. The highest BCUT2D eigenvalue weighted by molar-refractivity contribution is 6.42. The van der Waals surface area contributed by atoms with Crippen LogP contribution in [0.1, 0.15) is 45.9 Å². The minimum absolute atomic E-state index is 0.0385. The number of aliphatic carboxylic acids is 1. The SMILES string of the molecule is N#Cc1ccc(-c2ccc(C[C@H](NC(=O)[C@@H]3Cc4cc5c(cc4CN3C(=O)C3CCOC3)OC(c3ccc(OCc4ccc(Cl)c(Cl)c4)cc3)CO5)C(=O)O)cc2)cc1. The molecule has 0 aliphatic carbocycles. The molecular formula is C46H39Cl2N3O8. The average Bonchev–Trinajstić information content (AvgIpc) is 3.81. The second-order valence-electron chi connectivity index (χ2n) is 14.8. The number of carbonyl (C=O) groups is 3. The first-order valence-electron chi connectivity index (χ1n) is 19.2. The number of amides is 2. The summed E-state index contributed by atoms with van der Waals surface area (Å²) in [6.45, 7) is 1.41. The van der Waals surface area contributed by atoms with E-state index < -0.39 is 36.0 Å². The molecule has 2 N–H and O–H groups in total. The molecule has 8 rings (SSSR count). The van der Waals surface area contributed by atoms with Crippen molar-refractivity contribution in [3.63, 3.8) is 0 Å². The largest absolute Gasteiger partial charge is 0.489 e. The number of hydrogen-bond acceptors (Lipinski definition) is 8. The summed E-state index contributed by atoms with van der Waals surface area (Å²) in [5.41, 5.74) is 6.50. The van der Waals surface area contributed by atoms with E-state index in [-0.39, 0.29) is 38.5 Å². The molecular weight excluding hydrogens is 793 g/mol. The summed E-state index contributed by atoms with van der Waals surface area (Å²) in [5.74, 6) is -0.641. The van der Waals surface area contributed by atoms with Crippen LogP contribution in [0.5, 0.6) is 17.2 Å². The minimum Gasteiger partial charge on any atom is -0.489 e. The molecule has 3 aliphatic rings. The van der Waals surface area contributed by atoms with Gasteiger partial charge in [-0.15, -0.1) is 0 Å². The zero-order valence-electron chi connectivity index (χ0n) is 31.7. The summed E-state index contributed by atoms with van der Waals surface area (Å²) in [4.78, 5) is 42.1. The van der Waals surface area contributed by atoms with Crippen LogP contribution < -0.4 is 19.5 Å². The number of fused-ring (bicyclic) bond motifs is 2. The maximum atomic E-state index is 14.1. The molecule has 0 bridgehead atoms. The molecule has 0 saturated carbocycles. The lowest BCUT2D eigenvalue weighted by molar-refractivity contribution is -0.147. The lowest BCUT2D eigenvalue weighted by Gasteiger charge is -2.38. The van der Waals surface area contributed by atoms with Crippen molar-refractivity contribution in [1.82, 2.24) is 10.2 Å². The number of hydrogen-bond donors (Lipinski definition) is 2. The van der Waals surface area contributed by atoms with Gasteiger partial charge in [0.1, 0.15) is 31.0 Å². The Balaban J connectivity index is 0.957. The molecule has 13 heteroatoms. The van der Waals surface area contributed by atoms with Gasteiger partial charge in [0.2, 0.25) is 11.8 Å². The Morgan fingerprint density at radius 2 is 1.58 bits per heavy atom. The lowest BCUT2D eigenvalue weighted by atomic mass is 9.90. The van der Waals surface area contributed by atoms with Crippen LogP contribution in [0.4, 0.5) is 0 Å². The van der Waals surface area contributed by atoms with E-state index in [0.29, 0.717) is 58.1 Å². The Labute approximate surface area is 351 Å². The highest BCUT2D eigenvalue weighted by Gasteiger charge is 2.40. The van der Waals surface area contributed by atoms with Gasteiger partial charge in [0, 0.05) is 26.0 Å². The summed E-state index contributed by atoms with van der Waals surface area (Å²) >= 11 is 12.2. The van der Waals surface area contributed by atoms with Crippen molar-refractivity contribution in [2.75, 3.05) is 19.8 Å². The zero-order chi connectivity index (χ0) is 41.0. The predicted molar refractivity (Wildman–Crippen MR) is 219 cm³/mol. The number of nitrogens with one attached hydrogen (secondary N) is 1. The number of carbonyl (C=O) groups excluding carboxylic acids is 2. The third-order valence-electron chi connectivity index (χ3n) is 10.9. The first kappa shape index (κ1) is 39.8. The standard InChI is InChI=1S/C46H39Cl2N3O8/c47-37-14-5-29(17-38(37)48)24-57-36-12-10-32(11-13-36)43-26-58-41-20-34-19-40(51(23-35(34)21-42(41)59-43)45(53)33-15-16-56-25-33)44(52)50-39(46(54)55)18-27-1-6-30(7-2-27)31-8-3-28(22-49)4-9-31/h1-14,17,20-21,33,39-40,43H,15-16,18-19,23-26H2,(H,50,52)(H,54,55)/t33?,39-,40-,43?/m0/s1. The molecule has 300 valence electrons. The number of benzene rings is 5. The molecule has 0 aromatic heterocycles. The van der Waals surface area contributed by atoms with Gasteiger partial charge in [-0.1, -0.05) is 77.8 Å². The van der Waals surface area contributed by atoms with E-state index in [1.165, 1.54) is 0 Å². The van der Waals surface area contributed by atoms with Crippen molar-refractivity contribution in [1.29, 1.82) is 5.26 Å². The van der Waals surface area contributed by atoms with E-state index in [2.05, 4.69) is 11.4 Å². The fraction of sp³-hybridized carbons (Fsp3) is 0.261. The van der Waals surface area contributed by atoms with Gasteiger partial charge in [0.15, 0.2) is 17.6 Å². The van der Waals surface area contributed by atoms with Crippen molar-refractivity contribution < 1.29 is 38.4 Å². The second-order valence-corrected chi connectivity index (χ2v) is 15.6. The van der Waals surface area contributed by atoms with E-state index in [9.17, 15) is 19.5 Å². The maximum absolute atomic E-state index is 14.1. The van der Waals surface area contributed by atoms with Gasteiger partial charge in [0.25, 0.3) is 0 Å². The van der Waals surface area contributed by atoms with Gasteiger partial charge in [-0.2, -0.15) is 5.26 Å². The zero-order valence-corrected chi connectivity index (χ0v) is 33.2. The van der Waals surface area contributed by atoms with Crippen LogP contribution >= 0.6 is 23.2 Å². The topological polar surface area (TPSA) is 147 Å². The number of nitrogens with zero attached hydrogens (tertiary/aromatic N) is 2.